The molecule has 1 fully saturated rings. The summed E-state index contributed by atoms with van der Waals surface area (Å²) in [7, 11) is 0. The van der Waals surface area contributed by atoms with Crippen LogP contribution >= 0.6 is 11.6 Å². The summed E-state index contributed by atoms with van der Waals surface area (Å²) >= 11 is 5.85. The lowest BCUT2D eigenvalue weighted by atomic mass is 10.1. The second-order valence-corrected chi connectivity index (χ2v) is 4.49. The highest BCUT2D eigenvalue weighted by Crippen LogP contribution is 2.24. The topological polar surface area (TPSA) is 50.3 Å². The van der Waals surface area contributed by atoms with Gasteiger partial charge in [0, 0.05) is 19.2 Å². The van der Waals surface area contributed by atoms with Crippen LogP contribution in [0.3, 0.4) is 0 Å². The molecule has 1 aliphatic heterocycles. The van der Waals surface area contributed by atoms with Crippen molar-refractivity contribution in [1.29, 1.82) is 0 Å². The Bertz CT molecular complexity index is 462. The summed E-state index contributed by atoms with van der Waals surface area (Å²) in [4.78, 5) is 28.9. The lowest BCUT2D eigenvalue weighted by Gasteiger charge is -2.14. The van der Waals surface area contributed by atoms with E-state index in [1.54, 1.807) is 12.1 Å². The zero-order valence-corrected chi connectivity index (χ0v) is 10.3. The van der Waals surface area contributed by atoms with E-state index in [9.17, 15) is 9.59 Å². The van der Waals surface area contributed by atoms with Crippen LogP contribution in [0.15, 0.2) is 18.3 Å². The van der Waals surface area contributed by atoms with E-state index in [4.69, 9.17) is 11.6 Å². The average Bonchev–Trinajstić information content (AvgIpc) is 2.70. The van der Waals surface area contributed by atoms with Crippen LogP contribution in [-0.2, 0) is 4.79 Å². The van der Waals surface area contributed by atoms with E-state index in [1.165, 1.54) is 11.1 Å². The maximum Gasteiger partial charge on any atom is 0.263 e. The first-order valence-electron chi connectivity index (χ1n) is 5.58. The van der Waals surface area contributed by atoms with Crippen molar-refractivity contribution >= 4 is 23.4 Å². The fourth-order valence-electron chi connectivity index (χ4n) is 1.94. The molecule has 1 saturated heterocycles. The molecule has 1 aromatic heterocycles. The first kappa shape index (κ1) is 12.0. The van der Waals surface area contributed by atoms with Crippen LogP contribution in [0.1, 0.15) is 30.1 Å². The van der Waals surface area contributed by atoms with Crippen molar-refractivity contribution in [3.63, 3.8) is 0 Å². The van der Waals surface area contributed by atoms with Crippen LogP contribution in [0.4, 0.5) is 0 Å². The summed E-state index contributed by atoms with van der Waals surface area (Å²) in [5.74, 6) is -0.201. The van der Waals surface area contributed by atoms with Crippen molar-refractivity contribution in [2.45, 2.75) is 19.8 Å². The van der Waals surface area contributed by atoms with Gasteiger partial charge >= 0.3 is 0 Å². The van der Waals surface area contributed by atoms with E-state index in [0.717, 1.165) is 6.42 Å². The summed E-state index contributed by atoms with van der Waals surface area (Å²) in [6.45, 7) is 2.50. The Balaban J connectivity index is 2.22. The maximum atomic E-state index is 12.1. The number of amides is 2. The van der Waals surface area contributed by atoms with Crippen LogP contribution in [0.25, 0.3) is 0 Å². The average molecular weight is 253 g/mol. The van der Waals surface area contributed by atoms with Gasteiger partial charge in [-0.2, -0.15) is 0 Å². The van der Waals surface area contributed by atoms with E-state index < -0.39 is 0 Å². The van der Waals surface area contributed by atoms with E-state index in [1.807, 2.05) is 6.92 Å². The summed E-state index contributed by atoms with van der Waals surface area (Å²) in [5.41, 5.74) is 0.291. The van der Waals surface area contributed by atoms with Crippen LogP contribution in [0.2, 0.25) is 5.15 Å². The molecule has 0 spiro atoms. The van der Waals surface area contributed by atoms with E-state index >= 15 is 0 Å². The highest BCUT2D eigenvalue weighted by molar-refractivity contribution is 6.33. The maximum absolute atomic E-state index is 12.1. The molecule has 90 valence electrons. The predicted octanol–water partition coefficient (Wildman–Crippen LogP) is 2.13. The highest BCUT2D eigenvalue weighted by atomic mass is 35.5. The Kier molecular flexibility index (Phi) is 3.43. The van der Waals surface area contributed by atoms with Crippen molar-refractivity contribution in [1.82, 2.24) is 9.88 Å². The Morgan fingerprint density at radius 3 is 3.00 bits per heavy atom. The van der Waals surface area contributed by atoms with E-state index in [-0.39, 0.29) is 22.9 Å². The number of carbonyl (C=O) groups excluding carboxylic acids is 2. The lowest BCUT2D eigenvalue weighted by molar-refractivity contribution is -0.125. The number of likely N-dealkylation sites (tertiary alicyclic amines) is 1. The van der Waals surface area contributed by atoms with Gasteiger partial charge in [-0.05, 0) is 18.1 Å². The molecule has 0 bridgehead atoms. The fourth-order valence-corrected chi connectivity index (χ4v) is 2.14. The molecule has 17 heavy (non-hydrogen) atoms. The molecule has 0 N–H and O–H groups in total. The number of carbonyl (C=O) groups is 2. The minimum Gasteiger partial charge on any atom is -0.278 e. The SMILES string of the molecule is CCC1CC(=O)N(C(=O)c2cccnc2Cl)C1. The number of hydrogen-bond acceptors (Lipinski definition) is 3. The second-order valence-electron chi connectivity index (χ2n) is 4.13. The lowest BCUT2D eigenvalue weighted by Crippen LogP contribution is -2.32. The zero-order chi connectivity index (χ0) is 12.4. The minimum absolute atomic E-state index is 0.123. The van der Waals surface area contributed by atoms with Crippen molar-refractivity contribution < 1.29 is 9.59 Å². The van der Waals surface area contributed by atoms with Crippen LogP contribution in [-0.4, -0.2) is 28.2 Å². The molecule has 1 unspecified atom stereocenters. The van der Waals surface area contributed by atoms with Gasteiger partial charge in [0.25, 0.3) is 5.91 Å². The minimum atomic E-state index is -0.343. The molecular weight excluding hydrogens is 240 g/mol. The zero-order valence-electron chi connectivity index (χ0n) is 9.52. The number of pyridine rings is 1. The van der Waals surface area contributed by atoms with Crippen molar-refractivity contribution in [3.8, 4) is 0 Å². The van der Waals surface area contributed by atoms with Gasteiger partial charge in [-0.3, -0.25) is 14.5 Å². The standard InChI is InChI=1S/C12H13ClN2O2/c1-2-8-6-10(16)15(7-8)12(17)9-4-3-5-14-11(9)13/h3-5,8H,2,6-7H2,1H3. The van der Waals surface area contributed by atoms with E-state index in [0.29, 0.717) is 18.5 Å². The summed E-state index contributed by atoms with van der Waals surface area (Å²) in [6, 6.07) is 3.22. The van der Waals surface area contributed by atoms with E-state index in [2.05, 4.69) is 4.98 Å². The molecule has 0 radical (unpaired) electrons. The number of rotatable bonds is 2. The Hall–Kier alpha value is -1.42. The predicted molar refractivity (Wildman–Crippen MR) is 63.7 cm³/mol. The number of halogens is 1. The molecule has 5 heteroatoms. The fraction of sp³-hybridized carbons (Fsp3) is 0.417. The van der Waals surface area contributed by atoms with Gasteiger partial charge in [0.05, 0.1) is 5.56 Å². The van der Waals surface area contributed by atoms with Gasteiger partial charge in [0.2, 0.25) is 5.91 Å². The molecule has 0 saturated carbocycles. The number of hydrogen-bond donors (Lipinski definition) is 0. The van der Waals surface area contributed by atoms with Crippen molar-refractivity contribution in [2.24, 2.45) is 5.92 Å². The van der Waals surface area contributed by atoms with Gasteiger partial charge in [0.1, 0.15) is 5.15 Å². The monoisotopic (exact) mass is 252 g/mol. The first-order chi connectivity index (χ1) is 8.13. The van der Waals surface area contributed by atoms with Crippen LogP contribution in [0, 0.1) is 5.92 Å². The Morgan fingerprint density at radius 1 is 1.65 bits per heavy atom. The highest BCUT2D eigenvalue weighted by Gasteiger charge is 2.34. The normalized spacial score (nSPS) is 19.8. The first-order valence-corrected chi connectivity index (χ1v) is 5.96. The molecule has 2 amide bonds. The van der Waals surface area contributed by atoms with Gasteiger partial charge in [-0.25, -0.2) is 4.98 Å². The van der Waals surface area contributed by atoms with Crippen molar-refractivity contribution in [2.75, 3.05) is 6.54 Å². The number of nitrogens with zero attached hydrogens (tertiary/aromatic N) is 2. The number of imide groups is 1. The molecule has 0 aromatic carbocycles. The van der Waals surface area contributed by atoms with Gasteiger partial charge in [-0.1, -0.05) is 24.9 Å². The molecule has 2 heterocycles. The molecule has 1 aromatic rings. The van der Waals surface area contributed by atoms with Crippen molar-refractivity contribution in [3.05, 3.63) is 29.0 Å². The molecule has 1 aliphatic rings. The molecule has 1 atom stereocenters. The smallest absolute Gasteiger partial charge is 0.263 e. The largest absolute Gasteiger partial charge is 0.278 e. The Labute approximate surface area is 105 Å². The molecule has 4 nitrogen and oxygen atoms in total. The Morgan fingerprint density at radius 2 is 2.41 bits per heavy atom. The molecular formula is C12H13ClN2O2. The van der Waals surface area contributed by atoms with Crippen LogP contribution < -0.4 is 0 Å². The third-order valence-electron chi connectivity index (χ3n) is 3.02. The van der Waals surface area contributed by atoms with Gasteiger partial charge < -0.3 is 0 Å². The number of aromatic nitrogens is 1. The third kappa shape index (κ3) is 2.31. The summed E-state index contributed by atoms with van der Waals surface area (Å²) in [6.07, 6.45) is 2.86. The third-order valence-corrected chi connectivity index (χ3v) is 3.32. The molecule has 0 aliphatic carbocycles. The van der Waals surface area contributed by atoms with Gasteiger partial charge in [-0.15, -0.1) is 0 Å². The summed E-state index contributed by atoms with van der Waals surface area (Å²) < 4.78 is 0. The quantitative estimate of drug-likeness (QED) is 0.599. The van der Waals surface area contributed by atoms with Crippen LogP contribution in [0.5, 0.6) is 0 Å². The summed E-state index contributed by atoms with van der Waals surface area (Å²) in [5, 5.41) is 0.144. The van der Waals surface area contributed by atoms with Gasteiger partial charge in [0.15, 0.2) is 0 Å². The molecule has 2 rings (SSSR count). The second kappa shape index (κ2) is 4.84.